The molecule has 0 spiro atoms. The van der Waals surface area contributed by atoms with E-state index in [-0.39, 0.29) is 0 Å². The van der Waals surface area contributed by atoms with Crippen LogP contribution in [0.25, 0.3) is 28.5 Å². The van der Waals surface area contributed by atoms with Gasteiger partial charge in [0.2, 0.25) is 0 Å². The minimum atomic E-state index is 0.556. The quantitative estimate of drug-likeness (QED) is 0.400. The number of hydrogen-bond acceptors (Lipinski definition) is 4. The molecule has 178 valence electrons. The van der Waals surface area contributed by atoms with Crippen LogP contribution >= 0.6 is 0 Å². The molecule has 1 fully saturated rings. The Kier molecular flexibility index (Phi) is 7.13. The minimum absolute atomic E-state index is 0.556. The number of fused-ring (bicyclic) bond motifs is 1. The summed E-state index contributed by atoms with van der Waals surface area (Å²) in [7, 11) is 0. The number of H-pyrrole nitrogens is 1. The van der Waals surface area contributed by atoms with Gasteiger partial charge in [-0.05, 0) is 48.8 Å². The number of aromatic amines is 1. The first-order valence-corrected chi connectivity index (χ1v) is 12.3. The normalized spacial score (nSPS) is 15.3. The zero-order valence-electron chi connectivity index (χ0n) is 20.9. The lowest BCUT2D eigenvalue weighted by Gasteiger charge is -2.24. The van der Waals surface area contributed by atoms with Crippen molar-refractivity contribution in [1.82, 2.24) is 14.8 Å². The summed E-state index contributed by atoms with van der Waals surface area (Å²) in [6, 6.07) is 17.3. The Morgan fingerprint density at radius 1 is 1.03 bits per heavy atom. The molecule has 1 aromatic heterocycles. The number of nitrogens with two attached hydrogens (primary N) is 1. The highest BCUT2D eigenvalue weighted by Gasteiger charge is 2.24. The van der Waals surface area contributed by atoms with E-state index in [1.807, 2.05) is 38.2 Å². The van der Waals surface area contributed by atoms with Gasteiger partial charge in [-0.2, -0.15) is 0 Å². The molecular formula is C29H37N5. The fraction of sp³-hybridized carbons (Fsp3) is 0.310. The number of anilines is 2. The molecule has 5 nitrogen and oxygen atoms in total. The number of rotatable bonds is 5. The third-order valence-electron chi connectivity index (χ3n) is 6.63. The Balaban J connectivity index is 0.00000133. The topological polar surface area (TPSA) is 60.3 Å². The van der Waals surface area contributed by atoms with Gasteiger partial charge in [-0.3, -0.25) is 4.90 Å². The van der Waals surface area contributed by atoms with Gasteiger partial charge >= 0.3 is 0 Å². The lowest BCUT2D eigenvalue weighted by molar-refractivity contribution is 0.244. The average molecular weight is 456 g/mol. The van der Waals surface area contributed by atoms with Crippen molar-refractivity contribution in [2.24, 2.45) is 0 Å². The van der Waals surface area contributed by atoms with Crippen molar-refractivity contribution in [3.8, 4) is 11.1 Å². The molecule has 0 aliphatic carbocycles. The standard InChI is InChI=1S/C27H31N5.C2H6/c1-18(2)31-11-12-32(17-31)19(3)20-7-6-8-21(13-20)22-14-24-25(16-30-27(24)29-15-22)23-9-4-5-10-26(23)28;1-2/h4-10,13-14,16,18,29-30H,3,11-12,15,17,28H2,1-2H3;1-2H3. The molecule has 0 amide bonds. The summed E-state index contributed by atoms with van der Waals surface area (Å²) < 4.78 is 0. The van der Waals surface area contributed by atoms with Gasteiger partial charge in [0, 0.05) is 59.9 Å². The zero-order chi connectivity index (χ0) is 24.2. The van der Waals surface area contributed by atoms with E-state index in [4.69, 9.17) is 5.73 Å². The van der Waals surface area contributed by atoms with E-state index in [1.165, 1.54) is 16.7 Å². The molecule has 34 heavy (non-hydrogen) atoms. The molecule has 1 saturated heterocycles. The third kappa shape index (κ3) is 4.62. The lowest BCUT2D eigenvalue weighted by atomic mass is 9.95. The van der Waals surface area contributed by atoms with Gasteiger partial charge < -0.3 is 20.9 Å². The van der Waals surface area contributed by atoms with E-state index in [9.17, 15) is 0 Å². The number of para-hydroxylation sites is 1. The van der Waals surface area contributed by atoms with Crippen molar-refractivity contribution in [2.45, 2.75) is 33.7 Å². The molecule has 0 saturated carbocycles. The van der Waals surface area contributed by atoms with E-state index < -0.39 is 0 Å². The summed E-state index contributed by atoms with van der Waals surface area (Å²) in [6.45, 7) is 16.8. The highest BCUT2D eigenvalue weighted by Crippen LogP contribution is 2.38. The number of nitrogen functional groups attached to an aromatic ring is 1. The summed E-state index contributed by atoms with van der Waals surface area (Å²) in [5.41, 5.74) is 15.1. The van der Waals surface area contributed by atoms with Gasteiger partial charge in [0.15, 0.2) is 0 Å². The Labute approximate surface area is 204 Å². The van der Waals surface area contributed by atoms with Crippen LogP contribution < -0.4 is 11.1 Å². The van der Waals surface area contributed by atoms with Crippen LogP contribution in [0.15, 0.2) is 61.3 Å². The first-order chi connectivity index (χ1) is 16.5. The Bertz CT molecular complexity index is 1190. The van der Waals surface area contributed by atoms with Crippen LogP contribution in [0.1, 0.15) is 44.4 Å². The molecular weight excluding hydrogens is 418 g/mol. The predicted octanol–water partition coefficient (Wildman–Crippen LogP) is 6.21. The highest BCUT2D eigenvalue weighted by atomic mass is 15.4. The Hall–Kier alpha value is -3.44. The highest BCUT2D eigenvalue weighted by molar-refractivity contribution is 5.97. The van der Waals surface area contributed by atoms with Gasteiger partial charge in [-0.1, -0.05) is 56.8 Å². The van der Waals surface area contributed by atoms with Crippen molar-refractivity contribution >= 4 is 28.9 Å². The fourth-order valence-corrected chi connectivity index (χ4v) is 4.62. The van der Waals surface area contributed by atoms with Crippen LogP contribution in [0.3, 0.4) is 0 Å². The zero-order valence-corrected chi connectivity index (χ0v) is 20.9. The summed E-state index contributed by atoms with van der Waals surface area (Å²) in [5.74, 6) is 1.04. The number of hydrogen-bond donors (Lipinski definition) is 3. The van der Waals surface area contributed by atoms with Gasteiger partial charge in [-0.25, -0.2) is 0 Å². The molecule has 0 radical (unpaired) electrons. The maximum absolute atomic E-state index is 6.26. The molecule has 5 heteroatoms. The smallest absolute Gasteiger partial charge is 0.111 e. The van der Waals surface area contributed by atoms with E-state index in [0.29, 0.717) is 6.04 Å². The average Bonchev–Trinajstić information content (AvgIpc) is 3.53. The molecule has 4 N–H and O–H groups in total. The van der Waals surface area contributed by atoms with Crippen molar-refractivity contribution < 1.29 is 0 Å². The maximum Gasteiger partial charge on any atom is 0.111 e. The SMILES string of the molecule is C=C(c1cccc(C2=Cc3c(-c4ccccc4N)c[nH]c3NC2)c1)N1CCN(C(C)C)C1.CC. The van der Waals surface area contributed by atoms with Crippen LogP contribution in [0, 0.1) is 0 Å². The molecule has 0 bridgehead atoms. The second-order valence-electron chi connectivity index (χ2n) is 8.94. The number of nitrogens with one attached hydrogen (secondary N) is 2. The van der Waals surface area contributed by atoms with E-state index in [2.05, 4.69) is 76.9 Å². The predicted molar refractivity (Wildman–Crippen MR) is 147 cm³/mol. The monoisotopic (exact) mass is 455 g/mol. The first-order valence-electron chi connectivity index (χ1n) is 12.3. The number of benzene rings is 2. The summed E-state index contributed by atoms with van der Waals surface area (Å²) in [6.07, 6.45) is 4.32. The molecule has 2 aliphatic rings. The van der Waals surface area contributed by atoms with Crippen molar-refractivity contribution in [3.63, 3.8) is 0 Å². The van der Waals surface area contributed by atoms with E-state index in [0.717, 1.165) is 60.2 Å². The van der Waals surface area contributed by atoms with Gasteiger partial charge in [0.25, 0.3) is 0 Å². The number of aromatic nitrogens is 1. The Morgan fingerprint density at radius 3 is 2.56 bits per heavy atom. The van der Waals surface area contributed by atoms with Gasteiger partial charge in [0.05, 0.1) is 6.67 Å². The summed E-state index contributed by atoms with van der Waals surface area (Å²) in [4.78, 5) is 8.23. The van der Waals surface area contributed by atoms with Crippen LogP contribution in [-0.4, -0.2) is 47.1 Å². The molecule has 2 aliphatic heterocycles. The van der Waals surface area contributed by atoms with Crippen molar-refractivity contribution in [3.05, 3.63) is 78.0 Å². The number of nitrogens with zero attached hydrogens (tertiary/aromatic N) is 2. The lowest BCUT2D eigenvalue weighted by Crippen LogP contribution is -2.30. The van der Waals surface area contributed by atoms with E-state index >= 15 is 0 Å². The summed E-state index contributed by atoms with van der Waals surface area (Å²) in [5, 5.41) is 3.54. The molecule has 3 aromatic rings. The Morgan fingerprint density at radius 2 is 1.82 bits per heavy atom. The summed E-state index contributed by atoms with van der Waals surface area (Å²) >= 11 is 0. The fourth-order valence-electron chi connectivity index (χ4n) is 4.62. The largest absolute Gasteiger partial charge is 0.398 e. The second kappa shape index (κ2) is 10.2. The van der Waals surface area contributed by atoms with Crippen molar-refractivity contribution in [1.29, 1.82) is 0 Å². The first kappa shape index (κ1) is 23.7. The third-order valence-corrected chi connectivity index (χ3v) is 6.63. The molecule has 0 atom stereocenters. The molecule has 3 heterocycles. The van der Waals surface area contributed by atoms with Gasteiger partial charge in [-0.15, -0.1) is 0 Å². The van der Waals surface area contributed by atoms with Crippen LogP contribution in [0.2, 0.25) is 0 Å². The van der Waals surface area contributed by atoms with E-state index in [1.54, 1.807) is 0 Å². The minimum Gasteiger partial charge on any atom is -0.398 e. The van der Waals surface area contributed by atoms with Crippen LogP contribution in [0.5, 0.6) is 0 Å². The second-order valence-corrected chi connectivity index (χ2v) is 8.94. The van der Waals surface area contributed by atoms with Gasteiger partial charge in [0.1, 0.15) is 5.82 Å². The molecule has 5 rings (SSSR count). The van der Waals surface area contributed by atoms with Crippen LogP contribution in [-0.2, 0) is 0 Å². The van der Waals surface area contributed by atoms with Crippen molar-refractivity contribution in [2.75, 3.05) is 37.4 Å². The molecule has 2 aromatic carbocycles. The maximum atomic E-state index is 6.26. The molecule has 0 unspecified atom stereocenters. The van der Waals surface area contributed by atoms with Crippen LogP contribution in [0.4, 0.5) is 11.5 Å².